The molecule has 0 amide bonds. The molecule has 0 saturated heterocycles. The lowest BCUT2D eigenvalue weighted by Gasteiger charge is -2.23. The van der Waals surface area contributed by atoms with Gasteiger partial charge < -0.3 is 9.47 Å². The smallest absolute Gasteiger partial charge is 0.250 e. The Balaban J connectivity index is 1.90. The fourth-order valence-corrected chi connectivity index (χ4v) is 4.99. The van der Waals surface area contributed by atoms with Crippen LogP contribution in [0.5, 0.6) is 11.5 Å². The van der Waals surface area contributed by atoms with Crippen LogP contribution < -0.4 is 14.2 Å². The van der Waals surface area contributed by atoms with Gasteiger partial charge in [0.15, 0.2) is 11.5 Å². The van der Waals surface area contributed by atoms with Crippen LogP contribution in [0.15, 0.2) is 39.9 Å². The van der Waals surface area contributed by atoms with Crippen molar-refractivity contribution in [3.05, 3.63) is 41.3 Å². The first kappa shape index (κ1) is 17.3. The van der Waals surface area contributed by atoms with Crippen LogP contribution in [-0.2, 0) is 10.0 Å². The highest BCUT2D eigenvalue weighted by atomic mass is 32.2. The molecule has 2 aromatic rings. The first-order valence-electron chi connectivity index (χ1n) is 7.93. The molecule has 0 bridgehead atoms. The lowest BCUT2D eigenvalue weighted by atomic mass is 9.97. The van der Waals surface area contributed by atoms with Crippen LogP contribution in [-0.4, -0.2) is 21.6 Å². The summed E-state index contributed by atoms with van der Waals surface area (Å²) < 4.78 is 39.6. The predicted octanol–water partition coefficient (Wildman–Crippen LogP) is 3.59. The molecule has 1 aliphatic heterocycles. The second-order valence-corrected chi connectivity index (χ2v) is 8.92. The molecule has 0 saturated carbocycles. The van der Waals surface area contributed by atoms with Gasteiger partial charge in [-0.2, -0.15) is 0 Å². The molecule has 1 aromatic heterocycles. The summed E-state index contributed by atoms with van der Waals surface area (Å²) in [7, 11) is -3.54. The van der Waals surface area contributed by atoms with Gasteiger partial charge in [-0.15, -0.1) is 11.3 Å². The molecule has 0 unspecified atom stereocenters. The summed E-state index contributed by atoms with van der Waals surface area (Å²) in [6.07, 6.45) is 0.836. The second-order valence-electron chi connectivity index (χ2n) is 6.03. The van der Waals surface area contributed by atoms with Gasteiger partial charge in [0, 0.05) is 12.5 Å². The van der Waals surface area contributed by atoms with E-state index in [-0.39, 0.29) is 12.0 Å². The summed E-state index contributed by atoms with van der Waals surface area (Å²) in [5.74, 6) is 1.47. The Morgan fingerprint density at radius 1 is 1.12 bits per heavy atom. The van der Waals surface area contributed by atoms with Crippen molar-refractivity contribution < 1.29 is 17.9 Å². The molecule has 3 rings (SSSR count). The van der Waals surface area contributed by atoms with Crippen LogP contribution in [0, 0.1) is 5.92 Å². The molecular weight excluding hydrogens is 346 g/mol. The van der Waals surface area contributed by atoms with Crippen molar-refractivity contribution in [3.8, 4) is 11.5 Å². The zero-order valence-electron chi connectivity index (χ0n) is 13.7. The summed E-state index contributed by atoms with van der Waals surface area (Å²) in [6, 6.07) is 8.63. The third-order valence-corrected chi connectivity index (χ3v) is 6.68. The van der Waals surface area contributed by atoms with E-state index in [9.17, 15) is 8.42 Å². The van der Waals surface area contributed by atoms with E-state index in [1.54, 1.807) is 17.5 Å². The number of thiophene rings is 1. The van der Waals surface area contributed by atoms with Gasteiger partial charge in [0.1, 0.15) is 4.21 Å². The molecular formula is C17H21NO4S2. The predicted molar refractivity (Wildman–Crippen MR) is 94.3 cm³/mol. The van der Waals surface area contributed by atoms with E-state index in [4.69, 9.17) is 9.47 Å². The standard InChI is InChI=1S/C17H21NO4S2/c1-12(2)17(18-24(19,20)16-5-3-10-23-16)13-6-7-14-15(11-13)22-9-4-8-21-14/h3,5-7,10-12,17-18H,4,8-9H2,1-2H3/t17-/m0/s1. The largest absolute Gasteiger partial charge is 0.490 e. The van der Waals surface area contributed by atoms with Crippen molar-refractivity contribution in [2.75, 3.05) is 13.2 Å². The molecule has 130 valence electrons. The maximum atomic E-state index is 12.6. The van der Waals surface area contributed by atoms with Crippen molar-refractivity contribution >= 4 is 21.4 Å². The highest BCUT2D eigenvalue weighted by Crippen LogP contribution is 2.34. The molecule has 1 atom stereocenters. The Morgan fingerprint density at radius 2 is 1.88 bits per heavy atom. The minimum Gasteiger partial charge on any atom is -0.490 e. The van der Waals surface area contributed by atoms with Gasteiger partial charge in [-0.3, -0.25) is 0 Å². The van der Waals surface area contributed by atoms with E-state index >= 15 is 0 Å². The molecule has 1 N–H and O–H groups in total. The zero-order valence-corrected chi connectivity index (χ0v) is 15.3. The summed E-state index contributed by atoms with van der Waals surface area (Å²) >= 11 is 1.21. The molecule has 7 heteroatoms. The molecule has 0 fully saturated rings. The van der Waals surface area contributed by atoms with E-state index in [0.29, 0.717) is 28.9 Å². The first-order valence-corrected chi connectivity index (χ1v) is 10.3. The van der Waals surface area contributed by atoms with Crippen LogP contribution in [0.25, 0.3) is 0 Å². The van der Waals surface area contributed by atoms with E-state index in [1.807, 2.05) is 32.0 Å². The van der Waals surface area contributed by atoms with Crippen molar-refractivity contribution in [1.82, 2.24) is 4.72 Å². The minimum atomic E-state index is -3.54. The number of hydrogen-bond donors (Lipinski definition) is 1. The monoisotopic (exact) mass is 367 g/mol. The van der Waals surface area contributed by atoms with Gasteiger partial charge in [-0.05, 0) is 35.1 Å². The summed E-state index contributed by atoms with van der Waals surface area (Å²) in [4.78, 5) is 0. The number of fused-ring (bicyclic) bond motifs is 1. The van der Waals surface area contributed by atoms with Crippen LogP contribution >= 0.6 is 11.3 Å². The summed E-state index contributed by atoms with van der Waals surface area (Å²) in [5, 5.41) is 1.76. The van der Waals surface area contributed by atoms with Crippen molar-refractivity contribution in [1.29, 1.82) is 0 Å². The topological polar surface area (TPSA) is 64.6 Å². The molecule has 5 nitrogen and oxygen atoms in total. The molecule has 0 radical (unpaired) electrons. The first-order chi connectivity index (χ1) is 11.5. The van der Waals surface area contributed by atoms with E-state index < -0.39 is 10.0 Å². The van der Waals surface area contributed by atoms with Crippen molar-refractivity contribution in [2.45, 2.75) is 30.5 Å². The molecule has 0 aliphatic carbocycles. The Kier molecular flexibility index (Phi) is 5.12. The Bertz CT molecular complexity index is 785. The molecule has 1 aromatic carbocycles. The number of nitrogens with one attached hydrogen (secondary N) is 1. The van der Waals surface area contributed by atoms with Crippen molar-refractivity contribution in [3.63, 3.8) is 0 Å². The van der Waals surface area contributed by atoms with Gasteiger partial charge in [0.25, 0.3) is 10.0 Å². The van der Waals surface area contributed by atoms with Gasteiger partial charge >= 0.3 is 0 Å². The maximum absolute atomic E-state index is 12.6. The summed E-state index contributed by atoms with van der Waals surface area (Å²) in [5.41, 5.74) is 0.870. The highest BCUT2D eigenvalue weighted by Gasteiger charge is 2.25. The number of sulfonamides is 1. The van der Waals surface area contributed by atoms with Gasteiger partial charge in [-0.25, -0.2) is 13.1 Å². The number of benzene rings is 1. The number of rotatable bonds is 5. The average molecular weight is 367 g/mol. The van der Waals surface area contributed by atoms with Crippen LogP contribution in [0.3, 0.4) is 0 Å². The fraction of sp³-hybridized carbons (Fsp3) is 0.412. The second kappa shape index (κ2) is 7.13. The Morgan fingerprint density at radius 3 is 2.54 bits per heavy atom. The van der Waals surface area contributed by atoms with Crippen LogP contribution in [0.4, 0.5) is 0 Å². The lowest BCUT2D eigenvalue weighted by Crippen LogP contribution is -2.31. The maximum Gasteiger partial charge on any atom is 0.250 e. The van der Waals surface area contributed by atoms with Gasteiger partial charge in [-0.1, -0.05) is 26.0 Å². The highest BCUT2D eigenvalue weighted by molar-refractivity contribution is 7.91. The van der Waals surface area contributed by atoms with E-state index in [2.05, 4.69) is 4.72 Å². The minimum absolute atomic E-state index is 0.0875. The van der Waals surface area contributed by atoms with E-state index in [0.717, 1.165) is 12.0 Å². The molecule has 2 heterocycles. The zero-order chi connectivity index (χ0) is 17.2. The lowest BCUT2D eigenvalue weighted by molar-refractivity contribution is 0.297. The quantitative estimate of drug-likeness (QED) is 0.877. The average Bonchev–Trinajstić information content (AvgIpc) is 2.99. The molecule has 1 aliphatic rings. The Hall–Kier alpha value is -1.57. The van der Waals surface area contributed by atoms with Crippen molar-refractivity contribution in [2.24, 2.45) is 5.92 Å². The number of ether oxygens (including phenoxy) is 2. The molecule has 24 heavy (non-hydrogen) atoms. The molecule has 0 spiro atoms. The van der Waals surface area contributed by atoms with Crippen LogP contribution in [0.2, 0.25) is 0 Å². The summed E-state index contributed by atoms with van der Waals surface area (Å²) in [6.45, 7) is 5.21. The third kappa shape index (κ3) is 3.74. The van der Waals surface area contributed by atoms with E-state index in [1.165, 1.54) is 11.3 Å². The van der Waals surface area contributed by atoms with Crippen LogP contribution in [0.1, 0.15) is 31.9 Å². The SMILES string of the molecule is CC(C)[C@H](NS(=O)(=O)c1cccs1)c1ccc2c(c1)OCCCO2. The van der Waals surface area contributed by atoms with Gasteiger partial charge in [0.05, 0.1) is 13.2 Å². The number of hydrogen-bond acceptors (Lipinski definition) is 5. The fourth-order valence-electron chi connectivity index (χ4n) is 2.60. The Labute approximate surface area is 146 Å². The third-order valence-electron chi connectivity index (χ3n) is 3.84. The van der Waals surface area contributed by atoms with Gasteiger partial charge in [0.2, 0.25) is 0 Å². The normalized spacial score (nSPS) is 16.0.